The van der Waals surface area contributed by atoms with Crippen LogP contribution in [0.4, 0.5) is 0 Å². The largest absolute Gasteiger partial charge is 0.370 e. The van der Waals surface area contributed by atoms with Gasteiger partial charge in [-0.3, -0.25) is 0 Å². The first-order valence-corrected chi connectivity index (χ1v) is 3.52. The van der Waals surface area contributed by atoms with Gasteiger partial charge in [0.2, 0.25) is 0 Å². The third-order valence-electron chi connectivity index (χ3n) is 2.27. The molecular weight excluding hydrogens is 100 g/mol. The Kier molecular flexibility index (Phi) is 0.884. The number of rotatable bonds is 0. The van der Waals surface area contributed by atoms with E-state index in [4.69, 9.17) is 4.74 Å². The molecule has 0 aromatic rings. The van der Waals surface area contributed by atoms with E-state index in [1.165, 1.54) is 19.3 Å². The second kappa shape index (κ2) is 1.47. The smallest absolute Gasteiger partial charge is 0.0844 e. The molecule has 8 heavy (non-hydrogen) atoms. The molecule has 0 aromatic carbocycles. The average molecular weight is 114 g/mol. The summed E-state index contributed by atoms with van der Waals surface area (Å²) in [7, 11) is 0. The van der Waals surface area contributed by atoms with Crippen LogP contribution in [-0.4, -0.2) is 12.2 Å². The summed E-state index contributed by atoms with van der Waals surface area (Å²) in [5.74, 6) is 0.929. The monoisotopic (exact) mass is 114 g/mol. The predicted octanol–water partition coefficient (Wildman–Crippen LogP) is 1.82. The lowest BCUT2D eigenvalue weighted by atomic mass is 9.91. The Balaban J connectivity index is 0.000000405. The molecule has 1 heterocycles. The molecule has 0 N–H and O–H groups in total. The Morgan fingerprint density at radius 3 is 2.88 bits per heavy atom. The van der Waals surface area contributed by atoms with Crippen molar-refractivity contribution in [3.63, 3.8) is 0 Å². The van der Waals surface area contributed by atoms with Crippen molar-refractivity contribution in [1.82, 2.24) is 0 Å². The van der Waals surface area contributed by atoms with Crippen molar-refractivity contribution in [3.8, 4) is 0 Å². The zero-order chi connectivity index (χ0) is 5.56. The highest BCUT2D eigenvalue weighted by Gasteiger charge is 2.42. The summed E-state index contributed by atoms with van der Waals surface area (Å²) in [5, 5.41) is 0. The van der Waals surface area contributed by atoms with Gasteiger partial charge in [0.25, 0.3) is 0 Å². The molecule has 48 valence electrons. The van der Waals surface area contributed by atoms with Crippen molar-refractivity contribution in [2.24, 2.45) is 5.92 Å². The fraction of sp³-hybridized carbons (Fsp3) is 1.00. The maximum atomic E-state index is 5.35. The van der Waals surface area contributed by atoms with E-state index >= 15 is 0 Å². The first-order chi connectivity index (χ1) is 3.86. The molecule has 0 radical (unpaired) electrons. The van der Waals surface area contributed by atoms with Crippen LogP contribution < -0.4 is 0 Å². The Bertz CT molecular complexity index is 105. The highest BCUT2D eigenvalue weighted by Crippen LogP contribution is 2.38. The van der Waals surface area contributed by atoms with Crippen molar-refractivity contribution in [3.05, 3.63) is 0 Å². The van der Waals surface area contributed by atoms with Gasteiger partial charge >= 0.3 is 0 Å². The molecule has 1 saturated carbocycles. The third kappa shape index (κ3) is 0.655. The second-order valence-electron chi connectivity index (χ2n) is 3.13. The van der Waals surface area contributed by atoms with Crippen LogP contribution in [0.15, 0.2) is 0 Å². The molecule has 0 spiro atoms. The average Bonchev–Trinajstić information content (AvgIpc) is 2.43. The lowest BCUT2D eigenvalue weighted by Gasteiger charge is -2.11. The van der Waals surface area contributed by atoms with Gasteiger partial charge in [-0.15, -0.1) is 0 Å². The highest BCUT2D eigenvalue weighted by molar-refractivity contribution is 4.90. The maximum Gasteiger partial charge on any atom is 0.0844 e. The molecule has 1 saturated heterocycles. The van der Waals surface area contributed by atoms with Crippen LogP contribution in [0.25, 0.3) is 0 Å². The first-order valence-electron chi connectivity index (χ1n) is 3.52. The molecule has 2 rings (SSSR count). The molecule has 3 unspecified atom stereocenters. The first kappa shape index (κ1) is 4.80. The molecular formula is C7H14O. The summed E-state index contributed by atoms with van der Waals surface area (Å²) in [6.07, 6.45) is 5.41. The topological polar surface area (TPSA) is 12.5 Å². The van der Waals surface area contributed by atoms with Crippen molar-refractivity contribution in [1.29, 1.82) is 0 Å². The minimum absolute atomic E-state index is 0. The molecule has 1 nitrogen and oxygen atoms in total. The molecule has 1 aliphatic heterocycles. The van der Waals surface area contributed by atoms with E-state index in [-0.39, 0.29) is 1.43 Å². The van der Waals surface area contributed by atoms with Gasteiger partial charge in [-0.05, 0) is 25.2 Å². The molecule has 3 atom stereocenters. The van der Waals surface area contributed by atoms with Crippen molar-refractivity contribution >= 4 is 0 Å². The van der Waals surface area contributed by atoms with Gasteiger partial charge in [0.05, 0.1) is 12.2 Å². The molecule has 2 fully saturated rings. The Labute approximate surface area is 51.5 Å². The van der Waals surface area contributed by atoms with E-state index in [1.54, 1.807) is 0 Å². The quantitative estimate of drug-likeness (QED) is 0.438. The summed E-state index contributed by atoms with van der Waals surface area (Å²) in [6.45, 7) is 2.32. The van der Waals surface area contributed by atoms with E-state index < -0.39 is 0 Å². The summed E-state index contributed by atoms with van der Waals surface area (Å²) in [4.78, 5) is 0. The van der Waals surface area contributed by atoms with Gasteiger partial charge < -0.3 is 4.74 Å². The van der Waals surface area contributed by atoms with Crippen molar-refractivity contribution in [2.75, 3.05) is 0 Å². The van der Waals surface area contributed by atoms with Crippen LogP contribution >= 0.6 is 0 Å². The third-order valence-corrected chi connectivity index (χ3v) is 2.27. The summed E-state index contributed by atoms with van der Waals surface area (Å²) in [5.41, 5.74) is 0. The van der Waals surface area contributed by atoms with E-state index in [2.05, 4.69) is 6.92 Å². The Morgan fingerprint density at radius 1 is 1.38 bits per heavy atom. The summed E-state index contributed by atoms with van der Waals surface area (Å²) in [6, 6.07) is 0. The van der Waals surface area contributed by atoms with E-state index in [0.717, 1.165) is 5.92 Å². The van der Waals surface area contributed by atoms with Gasteiger partial charge in [-0.2, -0.15) is 0 Å². The molecule has 0 aromatic heterocycles. The molecule has 0 bridgehead atoms. The standard InChI is InChI=1S/C7H12O.H2/c1-5-2-3-6-7(4-5)8-6;/h5-7H,2-4H2,1H3;1H. The van der Waals surface area contributed by atoms with Gasteiger partial charge in [0.1, 0.15) is 0 Å². The fourth-order valence-electron chi connectivity index (χ4n) is 1.60. The van der Waals surface area contributed by atoms with E-state index in [9.17, 15) is 0 Å². The minimum atomic E-state index is 0. The van der Waals surface area contributed by atoms with E-state index in [1.807, 2.05) is 0 Å². The molecule has 0 amide bonds. The van der Waals surface area contributed by atoms with Crippen LogP contribution in [0.2, 0.25) is 0 Å². The van der Waals surface area contributed by atoms with Crippen LogP contribution in [0.5, 0.6) is 0 Å². The summed E-state index contributed by atoms with van der Waals surface area (Å²) >= 11 is 0. The number of fused-ring (bicyclic) bond motifs is 1. The number of hydrogen-bond donors (Lipinski definition) is 0. The normalized spacial score (nSPS) is 52.9. The molecule has 1 aliphatic carbocycles. The second-order valence-corrected chi connectivity index (χ2v) is 3.13. The lowest BCUT2D eigenvalue weighted by Crippen LogP contribution is -2.09. The Hall–Kier alpha value is -0.0400. The van der Waals surface area contributed by atoms with Crippen LogP contribution in [-0.2, 0) is 4.74 Å². The van der Waals surface area contributed by atoms with Crippen LogP contribution in [0.3, 0.4) is 0 Å². The van der Waals surface area contributed by atoms with Crippen molar-refractivity contribution < 1.29 is 6.16 Å². The number of hydrogen-bond acceptors (Lipinski definition) is 1. The van der Waals surface area contributed by atoms with Gasteiger partial charge in [0.15, 0.2) is 0 Å². The summed E-state index contributed by atoms with van der Waals surface area (Å²) < 4.78 is 5.35. The molecule has 1 heteroatoms. The van der Waals surface area contributed by atoms with E-state index in [0.29, 0.717) is 12.2 Å². The SMILES string of the molecule is CC1CCC2OC2C1.[HH]. The fourth-order valence-corrected chi connectivity index (χ4v) is 1.60. The van der Waals surface area contributed by atoms with Crippen LogP contribution in [0, 0.1) is 5.92 Å². The predicted molar refractivity (Wildman–Crippen MR) is 33.8 cm³/mol. The highest BCUT2D eigenvalue weighted by atomic mass is 16.6. The number of epoxide rings is 1. The van der Waals surface area contributed by atoms with Gasteiger partial charge in [0, 0.05) is 1.43 Å². The lowest BCUT2D eigenvalue weighted by molar-refractivity contribution is 0.367. The number of ether oxygens (including phenoxy) is 1. The molecule has 2 aliphatic rings. The Morgan fingerprint density at radius 2 is 2.25 bits per heavy atom. The van der Waals surface area contributed by atoms with Crippen LogP contribution in [0.1, 0.15) is 27.6 Å². The zero-order valence-corrected chi connectivity index (χ0v) is 5.26. The van der Waals surface area contributed by atoms with Gasteiger partial charge in [-0.25, -0.2) is 0 Å². The maximum absolute atomic E-state index is 5.35. The van der Waals surface area contributed by atoms with Gasteiger partial charge in [-0.1, -0.05) is 6.92 Å². The van der Waals surface area contributed by atoms with Crippen molar-refractivity contribution in [2.45, 2.75) is 38.4 Å². The minimum Gasteiger partial charge on any atom is -0.370 e. The zero-order valence-electron chi connectivity index (χ0n) is 5.26.